The van der Waals surface area contributed by atoms with Crippen molar-refractivity contribution >= 4 is 58.9 Å². The molecule has 0 saturated carbocycles. The van der Waals surface area contributed by atoms with E-state index in [1.54, 1.807) is 0 Å². The fourth-order valence-electron chi connectivity index (χ4n) is 5.99. The Kier molecular flexibility index (Phi) is 13.7. The van der Waals surface area contributed by atoms with E-state index in [4.69, 9.17) is 17.0 Å². The van der Waals surface area contributed by atoms with Crippen LogP contribution in [0.3, 0.4) is 0 Å². The van der Waals surface area contributed by atoms with E-state index in [2.05, 4.69) is 169 Å². The summed E-state index contributed by atoms with van der Waals surface area (Å²) in [4.78, 5) is 0. The number of rotatable bonds is 3. The SMILES string of the molecule is CC(C)c1cc2c(-c3cccc4ccccc34)cccc2[cH-]1.C[Si]C.Cc1cc2c(-c3ccccc3C)ccc(C)c2[cH-]1.[Cl][Zr+2][Cl]. The number of fused-ring (bicyclic) bond motifs is 3. The molecule has 0 saturated heterocycles. The quantitative estimate of drug-likeness (QED) is 0.125. The van der Waals surface area contributed by atoms with E-state index < -0.39 is 20.8 Å². The Morgan fingerprint density at radius 2 is 1.15 bits per heavy atom. The Morgan fingerprint density at radius 3 is 1.85 bits per heavy atom. The van der Waals surface area contributed by atoms with Gasteiger partial charge in [-0.3, -0.25) is 0 Å². The zero-order valence-electron chi connectivity index (χ0n) is 27.9. The average Bonchev–Trinajstić information content (AvgIpc) is 3.67. The van der Waals surface area contributed by atoms with Crippen LogP contribution >= 0.6 is 17.0 Å². The molecular formula is C42H42Cl2SiZr. The molecule has 7 aromatic carbocycles. The molecule has 0 nitrogen and oxygen atoms in total. The normalized spacial score (nSPS) is 10.5. The van der Waals surface area contributed by atoms with Crippen LogP contribution < -0.4 is 0 Å². The molecule has 0 spiro atoms. The molecule has 0 unspecified atom stereocenters. The summed E-state index contributed by atoms with van der Waals surface area (Å²) in [5.74, 6) is 0.563. The van der Waals surface area contributed by atoms with E-state index >= 15 is 0 Å². The van der Waals surface area contributed by atoms with Gasteiger partial charge in [0.1, 0.15) is 0 Å². The molecule has 46 heavy (non-hydrogen) atoms. The molecule has 0 heterocycles. The summed E-state index contributed by atoms with van der Waals surface area (Å²) in [5.41, 5.74) is 10.8. The van der Waals surface area contributed by atoms with Gasteiger partial charge in [-0.1, -0.05) is 131 Å². The van der Waals surface area contributed by atoms with Gasteiger partial charge < -0.3 is 0 Å². The molecule has 0 fully saturated rings. The second-order valence-corrected chi connectivity index (χ2v) is 16.7. The third kappa shape index (κ3) is 8.59. The van der Waals surface area contributed by atoms with Gasteiger partial charge in [-0.05, 0) is 40.3 Å². The molecule has 7 rings (SSSR count). The first-order chi connectivity index (χ1) is 22.2. The summed E-state index contributed by atoms with van der Waals surface area (Å²) in [5, 5.41) is 8.09. The van der Waals surface area contributed by atoms with Crippen molar-refractivity contribution in [3.63, 3.8) is 0 Å². The predicted octanol–water partition coefficient (Wildman–Crippen LogP) is 13.8. The zero-order valence-corrected chi connectivity index (χ0v) is 32.9. The third-order valence-corrected chi connectivity index (χ3v) is 8.20. The molecule has 232 valence electrons. The van der Waals surface area contributed by atoms with Gasteiger partial charge in [0.05, 0.1) is 0 Å². The Hall–Kier alpha value is -2.74. The van der Waals surface area contributed by atoms with Crippen molar-refractivity contribution < 1.29 is 20.8 Å². The van der Waals surface area contributed by atoms with Crippen molar-refractivity contribution in [2.24, 2.45) is 0 Å². The first-order valence-corrected chi connectivity index (χ1v) is 24.0. The molecule has 0 aliphatic rings. The molecule has 0 aliphatic heterocycles. The van der Waals surface area contributed by atoms with Crippen molar-refractivity contribution in [2.45, 2.75) is 53.6 Å². The van der Waals surface area contributed by atoms with Crippen LogP contribution in [0.4, 0.5) is 0 Å². The Bertz CT molecular complexity index is 2010. The second kappa shape index (κ2) is 17.4. The number of hydrogen-bond donors (Lipinski definition) is 0. The predicted molar refractivity (Wildman–Crippen MR) is 205 cm³/mol. The van der Waals surface area contributed by atoms with Gasteiger partial charge in [0.25, 0.3) is 0 Å². The van der Waals surface area contributed by atoms with Crippen LogP contribution in [-0.4, -0.2) is 9.52 Å². The zero-order chi connectivity index (χ0) is 33.2. The van der Waals surface area contributed by atoms with Gasteiger partial charge in [-0.25, -0.2) is 0 Å². The minimum atomic E-state index is -0.826. The Morgan fingerprint density at radius 1 is 0.587 bits per heavy atom. The summed E-state index contributed by atoms with van der Waals surface area (Å²) in [7, 11) is 11.0. The first kappa shape index (κ1) is 36.1. The van der Waals surface area contributed by atoms with E-state index in [-0.39, 0.29) is 0 Å². The van der Waals surface area contributed by atoms with Gasteiger partial charge in [0, 0.05) is 9.52 Å². The maximum atomic E-state index is 4.93. The van der Waals surface area contributed by atoms with Crippen LogP contribution in [-0.2, 0) is 20.8 Å². The topological polar surface area (TPSA) is 0 Å². The molecule has 0 atom stereocenters. The fourth-order valence-corrected chi connectivity index (χ4v) is 5.99. The van der Waals surface area contributed by atoms with Crippen molar-refractivity contribution in [3.8, 4) is 22.3 Å². The van der Waals surface area contributed by atoms with Crippen LogP contribution in [0.15, 0.2) is 121 Å². The van der Waals surface area contributed by atoms with Gasteiger partial charge in [0.2, 0.25) is 0 Å². The standard InChI is InChI=1S/C22H19.C18H17.C2H6Si.2ClH.Zr/c1-15(2)18-13-17-9-6-12-21(22(17)14-18)20-11-5-8-16-7-3-4-10-19(16)20;1-12-10-17-14(3)8-9-16(18(17)11-12)15-7-5-4-6-13(15)2;1-3-2;;;/h3-15H,1-2H3;4-11H,1-3H3;1-2H3;2*1H;/q2*-1;;;;+4/p-2. The van der Waals surface area contributed by atoms with E-state index in [1.165, 1.54) is 76.8 Å². The summed E-state index contributed by atoms with van der Waals surface area (Å²) in [6, 6.07) is 44.2. The molecule has 0 aromatic heterocycles. The Labute approximate surface area is 297 Å². The fraction of sp³-hybridized carbons (Fsp3) is 0.190. The summed E-state index contributed by atoms with van der Waals surface area (Å²) in [6.07, 6.45) is 0. The number of hydrogen-bond acceptors (Lipinski definition) is 0. The van der Waals surface area contributed by atoms with Crippen molar-refractivity contribution in [3.05, 3.63) is 144 Å². The number of benzene rings is 5. The van der Waals surface area contributed by atoms with Crippen molar-refractivity contribution in [1.82, 2.24) is 0 Å². The van der Waals surface area contributed by atoms with Crippen LogP contribution in [0.25, 0.3) is 54.6 Å². The van der Waals surface area contributed by atoms with Crippen LogP contribution in [0.2, 0.25) is 13.1 Å². The summed E-state index contributed by atoms with van der Waals surface area (Å²) in [6.45, 7) is 15.3. The number of halogens is 2. The average molecular weight is 737 g/mol. The van der Waals surface area contributed by atoms with Gasteiger partial charge in [0.15, 0.2) is 0 Å². The molecule has 0 bridgehead atoms. The monoisotopic (exact) mass is 734 g/mol. The summed E-state index contributed by atoms with van der Waals surface area (Å²) < 4.78 is 0. The van der Waals surface area contributed by atoms with Crippen LogP contribution in [0.1, 0.15) is 42.0 Å². The van der Waals surface area contributed by atoms with E-state index in [1.807, 2.05) is 0 Å². The van der Waals surface area contributed by atoms with Crippen LogP contribution in [0.5, 0.6) is 0 Å². The minimum absolute atomic E-state index is 0.563. The van der Waals surface area contributed by atoms with Crippen molar-refractivity contribution in [2.75, 3.05) is 0 Å². The van der Waals surface area contributed by atoms with E-state index in [0.717, 1.165) is 9.52 Å². The van der Waals surface area contributed by atoms with Gasteiger partial charge in [-0.2, -0.15) is 12.1 Å². The molecule has 7 aromatic rings. The van der Waals surface area contributed by atoms with Crippen molar-refractivity contribution in [1.29, 1.82) is 0 Å². The Balaban J connectivity index is 0.000000181. The second-order valence-electron chi connectivity index (χ2n) is 12.0. The van der Waals surface area contributed by atoms with E-state index in [0.29, 0.717) is 5.92 Å². The summed E-state index contributed by atoms with van der Waals surface area (Å²) >= 11 is -0.826. The van der Waals surface area contributed by atoms with E-state index in [9.17, 15) is 0 Å². The molecule has 4 heteroatoms. The molecule has 0 aliphatic carbocycles. The molecule has 0 amide bonds. The van der Waals surface area contributed by atoms with Crippen LogP contribution in [0, 0.1) is 20.8 Å². The molecule has 0 N–H and O–H groups in total. The molecular weight excluding hydrogens is 695 g/mol. The van der Waals surface area contributed by atoms with Gasteiger partial charge >= 0.3 is 37.9 Å². The molecule has 2 radical (unpaired) electrons. The maximum absolute atomic E-state index is 4.93. The first-order valence-electron chi connectivity index (χ1n) is 15.7. The third-order valence-electron chi connectivity index (χ3n) is 8.20. The number of aryl methyl sites for hydroxylation is 3. The van der Waals surface area contributed by atoms with Gasteiger partial charge in [-0.15, -0.1) is 68.6 Å².